The molecule has 0 radical (unpaired) electrons. The first-order chi connectivity index (χ1) is 13.4. The second-order valence-corrected chi connectivity index (χ2v) is 6.76. The Balaban J connectivity index is 1.68. The summed E-state index contributed by atoms with van der Waals surface area (Å²) in [5, 5.41) is 13.2. The quantitative estimate of drug-likeness (QED) is 0.702. The van der Waals surface area contributed by atoms with Crippen LogP contribution in [0.1, 0.15) is 32.3 Å². The van der Waals surface area contributed by atoms with E-state index in [1.54, 1.807) is 25.1 Å². The molecule has 8 nitrogen and oxygen atoms in total. The van der Waals surface area contributed by atoms with Crippen molar-refractivity contribution >= 4 is 17.6 Å². The Hall–Kier alpha value is -2.94. The smallest absolute Gasteiger partial charge is 0.263 e. The second-order valence-electron chi connectivity index (χ2n) is 6.76. The van der Waals surface area contributed by atoms with Crippen LogP contribution >= 0.6 is 0 Å². The van der Waals surface area contributed by atoms with Gasteiger partial charge in [-0.25, -0.2) is 9.07 Å². The van der Waals surface area contributed by atoms with E-state index < -0.39 is 18.0 Å². The van der Waals surface area contributed by atoms with Crippen LogP contribution in [0.4, 0.5) is 10.2 Å². The number of aromatic nitrogens is 2. The average molecular weight is 389 g/mol. The fraction of sp³-hybridized carbons (Fsp3) is 0.421. The number of anilines is 1. The fourth-order valence-corrected chi connectivity index (χ4v) is 3.24. The van der Waals surface area contributed by atoms with Gasteiger partial charge in [0.15, 0.2) is 24.5 Å². The SMILES string of the molecule is CCC1C(=O)NC(n2nc(C)cc2NC(=O)COc2ccccc2F)NC1C. The van der Waals surface area contributed by atoms with Crippen molar-refractivity contribution in [2.24, 2.45) is 5.92 Å². The van der Waals surface area contributed by atoms with Crippen LogP contribution in [0.5, 0.6) is 5.75 Å². The average Bonchev–Trinajstić information content (AvgIpc) is 3.01. The second kappa shape index (κ2) is 8.39. The maximum atomic E-state index is 13.6. The fourth-order valence-electron chi connectivity index (χ4n) is 3.24. The number of ether oxygens (including phenoxy) is 1. The minimum absolute atomic E-state index is 0.00276. The third-order valence-electron chi connectivity index (χ3n) is 4.65. The van der Waals surface area contributed by atoms with Crippen molar-refractivity contribution in [2.45, 2.75) is 39.5 Å². The molecule has 2 aromatic rings. The van der Waals surface area contributed by atoms with Crippen molar-refractivity contribution in [1.82, 2.24) is 20.4 Å². The molecule has 3 rings (SSSR count). The molecule has 0 saturated carbocycles. The van der Waals surface area contributed by atoms with Crippen molar-refractivity contribution in [2.75, 3.05) is 11.9 Å². The van der Waals surface area contributed by atoms with Crippen molar-refractivity contribution in [1.29, 1.82) is 0 Å². The maximum absolute atomic E-state index is 13.6. The maximum Gasteiger partial charge on any atom is 0.263 e. The molecule has 0 bridgehead atoms. The van der Waals surface area contributed by atoms with Crippen molar-refractivity contribution in [3.05, 3.63) is 41.8 Å². The number of nitrogens with one attached hydrogen (secondary N) is 3. The zero-order chi connectivity index (χ0) is 20.3. The predicted octanol–water partition coefficient (Wildman–Crippen LogP) is 1.94. The third kappa shape index (κ3) is 4.30. The Morgan fingerprint density at radius 3 is 2.82 bits per heavy atom. The van der Waals surface area contributed by atoms with Crippen LogP contribution < -0.4 is 20.7 Å². The molecular weight excluding hydrogens is 365 g/mol. The highest BCUT2D eigenvalue weighted by Crippen LogP contribution is 2.21. The molecule has 1 aromatic heterocycles. The number of carbonyl (C=O) groups excluding carboxylic acids is 2. The third-order valence-corrected chi connectivity index (χ3v) is 4.65. The van der Waals surface area contributed by atoms with E-state index in [9.17, 15) is 14.0 Å². The van der Waals surface area contributed by atoms with E-state index in [0.717, 1.165) is 6.42 Å². The van der Waals surface area contributed by atoms with Crippen LogP contribution in [-0.2, 0) is 9.59 Å². The Morgan fingerprint density at radius 1 is 1.39 bits per heavy atom. The number of amides is 2. The van der Waals surface area contributed by atoms with Crippen LogP contribution in [0, 0.1) is 18.7 Å². The van der Waals surface area contributed by atoms with Crippen LogP contribution in [0.2, 0.25) is 0 Å². The predicted molar refractivity (Wildman–Crippen MR) is 101 cm³/mol. The molecule has 1 fully saturated rings. The Bertz CT molecular complexity index is 869. The molecule has 2 heterocycles. The van der Waals surface area contributed by atoms with E-state index in [1.165, 1.54) is 16.8 Å². The first-order valence-electron chi connectivity index (χ1n) is 9.18. The van der Waals surface area contributed by atoms with Crippen LogP contribution in [0.25, 0.3) is 0 Å². The zero-order valence-electron chi connectivity index (χ0n) is 16.0. The molecule has 3 N–H and O–H groups in total. The summed E-state index contributed by atoms with van der Waals surface area (Å²) in [5.41, 5.74) is 0.673. The molecule has 0 aliphatic carbocycles. The number of benzene rings is 1. The highest BCUT2D eigenvalue weighted by Gasteiger charge is 2.34. The standard InChI is InChI=1S/C19H24FN5O3/c1-4-13-12(3)21-19(23-18(13)27)25-16(9-11(2)24-25)22-17(26)10-28-15-8-6-5-7-14(15)20/h5-9,12-13,19,21H,4,10H2,1-3H3,(H,22,26)(H,23,27). The number of rotatable bonds is 6. The Labute approximate surface area is 162 Å². The zero-order valence-corrected chi connectivity index (χ0v) is 16.0. The molecular formula is C19H24FN5O3. The number of para-hydroxylation sites is 1. The molecule has 3 atom stereocenters. The number of aryl methyl sites for hydroxylation is 1. The topological polar surface area (TPSA) is 97.3 Å². The Morgan fingerprint density at radius 2 is 2.14 bits per heavy atom. The van der Waals surface area contributed by atoms with E-state index in [4.69, 9.17) is 4.74 Å². The highest BCUT2D eigenvalue weighted by atomic mass is 19.1. The van der Waals surface area contributed by atoms with Gasteiger partial charge in [0, 0.05) is 12.1 Å². The lowest BCUT2D eigenvalue weighted by Crippen LogP contribution is -2.57. The molecule has 0 spiro atoms. The number of carbonyl (C=O) groups is 2. The molecule has 150 valence electrons. The number of nitrogens with zero attached hydrogens (tertiary/aromatic N) is 2. The van der Waals surface area contributed by atoms with E-state index in [2.05, 4.69) is 21.0 Å². The molecule has 28 heavy (non-hydrogen) atoms. The van der Waals surface area contributed by atoms with E-state index in [0.29, 0.717) is 11.5 Å². The van der Waals surface area contributed by atoms with Gasteiger partial charge in [0.1, 0.15) is 5.82 Å². The van der Waals surface area contributed by atoms with Crippen molar-refractivity contribution in [3.8, 4) is 5.75 Å². The normalized spacial score (nSPS) is 21.9. The van der Waals surface area contributed by atoms with Gasteiger partial charge in [0.05, 0.1) is 11.6 Å². The van der Waals surface area contributed by atoms with E-state index in [1.807, 2.05) is 13.8 Å². The molecule has 1 aliphatic heterocycles. The largest absolute Gasteiger partial charge is 0.481 e. The summed E-state index contributed by atoms with van der Waals surface area (Å²) in [6, 6.07) is 7.51. The van der Waals surface area contributed by atoms with Gasteiger partial charge in [0.2, 0.25) is 5.91 Å². The summed E-state index contributed by atoms with van der Waals surface area (Å²) in [5.74, 6) is -0.787. The van der Waals surface area contributed by atoms with Gasteiger partial charge >= 0.3 is 0 Å². The summed E-state index contributed by atoms with van der Waals surface area (Å²) in [7, 11) is 0. The molecule has 9 heteroatoms. The highest BCUT2D eigenvalue weighted by molar-refractivity contribution is 5.91. The number of halogens is 1. The van der Waals surface area contributed by atoms with E-state index >= 15 is 0 Å². The van der Waals surface area contributed by atoms with Gasteiger partial charge in [-0.15, -0.1) is 0 Å². The van der Waals surface area contributed by atoms with Gasteiger partial charge in [-0.05, 0) is 32.4 Å². The van der Waals surface area contributed by atoms with Crippen LogP contribution in [-0.4, -0.2) is 34.2 Å². The van der Waals surface area contributed by atoms with E-state index in [-0.39, 0.29) is 30.2 Å². The molecule has 3 unspecified atom stereocenters. The van der Waals surface area contributed by atoms with Gasteiger partial charge in [-0.3, -0.25) is 14.9 Å². The summed E-state index contributed by atoms with van der Waals surface area (Å²) in [6.07, 6.45) is 0.142. The van der Waals surface area contributed by atoms with Gasteiger partial charge in [-0.1, -0.05) is 19.1 Å². The molecule has 1 aliphatic rings. The minimum Gasteiger partial charge on any atom is -0.481 e. The van der Waals surface area contributed by atoms with Crippen LogP contribution in [0.3, 0.4) is 0 Å². The Kier molecular flexibility index (Phi) is 5.93. The molecule has 2 amide bonds. The monoisotopic (exact) mass is 389 g/mol. The van der Waals surface area contributed by atoms with Crippen molar-refractivity contribution < 1.29 is 18.7 Å². The van der Waals surface area contributed by atoms with Gasteiger partial charge in [-0.2, -0.15) is 5.10 Å². The summed E-state index contributed by atoms with van der Waals surface area (Å²) >= 11 is 0. The lowest BCUT2D eigenvalue weighted by molar-refractivity contribution is -0.130. The lowest BCUT2D eigenvalue weighted by Gasteiger charge is -2.35. The number of hydrogen-bond donors (Lipinski definition) is 3. The summed E-state index contributed by atoms with van der Waals surface area (Å²) in [4.78, 5) is 24.6. The minimum atomic E-state index is -0.582. The van der Waals surface area contributed by atoms with Gasteiger partial charge in [0.25, 0.3) is 5.91 Å². The van der Waals surface area contributed by atoms with Crippen molar-refractivity contribution in [3.63, 3.8) is 0 Å². The summed E-state index contributed by atoms with van der Waals surface area (Å²) < 4.78 is 20.3. The van der Waals surface area contributed by atoms with Gasteiger partial charge < -0.3 is 15.4 Å². The van der Waals surface area contributed by atoms with Crippen LogP contribution in [0.15, 0.2) is 30.3 Å². The molecule has 1 aromatic carbocycles. The number of hydrogen-bond acceptors (Lipinski definition) is 5. The lowest BCUT2D eigenvalue weighted by atomic mass is 9.95. The summed E-state index contributed by atoms with van der Waals surface area (Å²) in [6.45, 7) is 5.33. The first kappa shape index (κ1) is 19.8. The molecule has 1 saturated heterocycles. The first-order valence-corrected chi connectivity index (χ1v) is 9.18.